The van der Waals surface area contributed by atoms with Gasteiger partial charge in [0.1, 0.15) is 11.8 Å². The van der Waals surface area contributed by atoms with E-state index in [1.807, 2.05) is 42.6 Å². The van der Waals surface area contributed by atoms with Crippen LogP contribution in [0.2, 0.25) is 0 Å². The fraction of sp³-hybridized carbons (Fsp3) is 0.208. The molecule has 2 aliphatic rings. The highest BCUT2D eigenvalue weighted by Gasteiger charge is 2.43. The molecule has 6 rings (SSSR count). The smallest absolute Gasteiger partial charge is 0.252 e. The molecule has 0 saturated heterocycles. The van der Waals surface area contributed by atoms with Crippen LogP contribution in [-0.2, 0) is 0 Å². The number of aliphatic hydroxyl groups is 1. The molecule has 3 aromatic heterocycles. The number of hydrogen-bond acceptors (Lipinski definition) is 6. The first-order valence-corrected chi connectivity index (χ1v) is 10.5. The summed E-state index contributed by atoms with van der Waals surface area (Å²) in [5, 5.41) is 12.8. The number of carbonyl (C=O) groups excluding carboxylic acids is 2. The molecule has 1 unspecified atom stereocenters. The molecule has 2 N–H and O–H groups in total. The predicted octanol–water partition coefficient (Wildman–Crippen LogP) is 2.67. The van der Waals surface area contributed by atoms with E-state index in [1.54, 1.807) is 6.07 Å². The van der Waals surface area contributed by atoms with E-state index >= 15 is 0 Å². The van der Waals surface area contributed by atoms with Crippen molar-refractivity contribution in [1.82, 2.24) is 24.7 Å². The van der Waals surface area contributed by atoms with Crippen LogP contribution in [0.15, 0.2) is 54.9 Å². The summed E-state index contributed by atoms with van der Waals surface area (Å²) in [7, 11) is 0. The Balaban J connectivity index is 1.59. The number of hydrogen-bond donors (Lipinski definition) is 2. The summed E-state index contributed by atoms with van der Waals surface area (Å²) < 4.78 is 2.08. The topological polar surface area (TPSA) is 109 Å². The fourth-order valence-electron chi connectivity index (χ4n) is 4.89. The third-order valence-electron chi connectivity index (χ3n) is 6.26. The van der Waals surface area contributed by atoms with Crippen molar-refractivity contribution in [2.24, 2.45) is 0 Å². The Morgan fingerprint density at radius 2 is 2.00 bits per heavy atom. The van der Waals surface area contributed by atoms with Crippen LogP contribution in [0.25, 0.3) is 16.9 Å². The van der Waals surface area contributed by atoms with E-state index in [1.165, 1.54) is 13.1 Å². The van der Waals surface area contributed by atoms with Gasteiger partial charge < -0.3 is 14.8 Å². The number of pyridine rings is 1. The second kappa shape index (κ2) is 6.80. The molecule has 1 aromatic carbocycles. The molecule has 0 fully saturated rings. The average molecular weight is 425 g/mol. The largest absolute Gasteiger partial charge is 0.385 e. The molecule has 1 amide bonds. The van der Waals surface area contributed by atoms with Crippen molar-refractivity contribution >= 4 is 17.3 Å². The summed E-state index contributed by atoms with van der Waals surface area (Å²) in [5.74, 6) is -0.806. The fourth-order valence-corrected chi connectivity index (χ4v) is 4.89. The highest BCUT2D eigenvalue weighted by Crippen LogP contribution is 2.49. The van der Waals surface area contributed by atoms with Crippen molar-refractivity contribution in [2.45, 2.75) is 31.4 Å². The number of aliphatic hydroxyl groups excluding tert-OH is 1. The normalized spacial score (nSPS) is 19.8. The van der Waals surface area contributed by atoms with E-state index in [-0.39, 0.29) is 23.7 Å². The molecule has 4 heterocycles. The highest BCUT2D eigenvalue weighted by molar-refractivity contribution is 5.99. The van der Waals surface area contributed by atoms with Gasteiger partial charge in [-0.2, -0.15) is 0 Å². The summed E-state index contributed by atoms with van der Waals surface area (Å²) in [6, 6.07) is 13.0. The number of benzene rings is 1. The van der Waals surface area contributed by atoms with Crippen LogP contribution in [0.1, 0.15) is 63.2 Å². The maximum absolute atomic E-state index is 13.1. The van der Waals surface area contributed by atoms with Crippen molar-refractivity contribution in [3.05, 3.63) is 83.2 Å². The minimum atomic E-state index is -1.19. The number of imidazole rings is 1. The number of fused-ring (bicyclic) bond motifs is 9. The summed E-state index contributed by atoms with van der Waals surface area (Å²) in [6.45, 7) is 1.39. The second-order valence-electron chi connectivity index (χ2n) is 8.20. The second-order valence-corrected chi connectivity index (χ2v) is 8.20. The number of amides is 1. The van der Waals surface area contributed by atoms with Crippen LogP contribution >= 0.6 is 0 Å². The van der Waals surface area contributed by atoms with Gasteiger partial charge in [-0.05, 0) is 43.2 Å². The van der Waals surface area contributed by atoms with Gasteiger partial charge in [-0.1, -0.05) is 18.2 Å². The van der Waals surface area contributed by atoms with Gasteiger partial charge in [-0.15, -0.1) is 0 Å². The molecule has 0 spiro atoms. The quantitative estimate of drug-likeness (QED) is 0.489. The summed E-state index contributed by atoms with van der Waals surface area (Å²) >= 11 is 0. The van der Waals surface area contributed by atoms with E-state index in [9.17, 15) is 14.7 Å². The lowest BCUT2D eigenvalue weighted by Gasteiger charge is -2.19. The van der Waals surface area contributed by atoms with Crippen LogP contribution < -0.4 is 5.32 Å². The zero-order chi connectivity index (χ0) is 22.0. The number of carbonyl (C=O) groups is 2. The molecule has 32 heavy (non-hydrogen) atoms. The minimum absolute atomic E-state index is 0.0482. The highest BCUT2D eigenvalue weighted by atomic mass is 16.3. The summed E-state index contributed by atoms with van der Waals surface area (Å²) in [6.07, 6.45) is 3.01. The molecule has 2 bridgehead atoms. The van der Waals surface area contributed by atoms with Gasteiger partial charge in [0, 0.05) is 29.4 Å². The molecule has 8 heteroatoms. The molecule has 0 saturated carbocycles. The molecular weight excluding hydrogens is 406 g/mol. The van der Waals surface area contributed by atoms with E-state index in [0.717, 1.165) is 28.2 Å². The Morgan fingerprint density at radius 3 is 2.84 bits per heavy atom. The van der Waals surface area contributed by atoms with Gasteiger partial charge in [0.15, 0.2) is 5.82 Å². The Bertz CT molecular complexity index is 1420. The van der Waals surface area contributed by atoms with Crippen LogP contribution in [0.3, 0.4) is 0 Å². The lowest BCUT2D eigenvalue weighted by molar-refractivity contribution is 0.0768. The Hall–Kier alpha value is -3.91. The SMILES string of the molecule is CC(O)C(=O)c1nccc(-c2cccc3c2[C@@H]2C[C@H](NC3=O)c3nc4ccccn4c32)n1. The van der Waals surface area contributed by atoms with E-state index in [0.29, 0.717) is 17.7 Å². The van der Waals surface area contributed by atoms with Crippen molar-refractivity contribution in [3.8, 4) is 11.3 Å². The van der Waals surface area contributed by atoms with Gasteiger partial charge in [-0.3, -0.25) is 9.59 Å². The Kier molecular flexibility index (Phi) is 4.00. The first kappa shape index (κ1) is 18.8. The van der Waals surface area contributed by atoms with Crippen LogP contribution in [-0.4, -0.2) is 42.3 Å². The van der Waals surface area contributed by atoms with E-state index in [4.69, 9.17) is 4.98 Å². The van der Waals surface area contributed by atoms with Crippen molar-refractivity contribution in [1.29, 1.82) is 0 Å². The minimum Gasteiger partial charge on any atom is -0.385 e. The molecule has 1 aliphatic heterocycles. The zero-order valence-corrected chi connectivity index (χ0v) is 17.2. The number of ketones is 1. The maximum Gasteiger partial charge on any atom is 0.252 e. The zero-order valence-electron chi connectivity index (χ0n) is 17.2. The molecule has 158 valence electrons. The first-order valence-electron chi connectivity index (χ1n) is 10.5. The van der Waals surface area contributed by atoms with Gasteiger partial charge >= 0.3 is 0 Å². The standard InChI is InChI=1S/C24H19N5O3/c1-12(30)22(31)23-25-9-8-16(26-23)13-5-4-6-14-19(13)15-11-17(27-24(14)32)20-21(15)29-10-3-2-7-18(29)28-20/h2-10,12,15,17,30H,11H2,1H3,(H,27,32)/t12?,15-,17-/m0/s1. The van der Waals surface area contributed by atoms with Gasteiger partial charge in [0.2, 0.25) is 5.78 Å². The average Bonchev–Trinajstić information content (AvgIpc) is 3.31. The summed E-state index contributed by atoms with van der Waals surface area (Å²) in [4.78, 5) is 38.6. The number of nitrogens with one attached hydrogen (secondary N) is 1. The molecular formula is C24H19N5O3. The molecule has 8 nitrogen and oxygen atoms in total. The lowest BCUT2D eigenvalue weighted by atomic mass is 9.87. The van der Waals surface area contributed by atoms with Gasteiger partial charge in [0.25, 0.3) is 5.91 Å². The molecule has 4 aromatic rings. The molecule has 3 atom stereocenters. The number of rotatable bonds is 3. The number of nitrogens with zero attached hydrogens (tertiary/aromatic N) is 4. The first-order chi connectivity index (χ1) is 15.5. The summed E-state index contributed by atoms with van der Waals surface area (Å²) in [5.41, 5.74) is 5.56. The molecule has 1 aliphatic carbocycles. The number of Topliss-reactive ketones (excluding diaryl/α,β-unsaturated/α-hetero) is 1. The van der Waals surface area contributed by atoms with E-state index < -0.39 is 11.9 Å². The van der Waals surface area contributed by atoms with Crippen LogP contribution in [0.4, 0.5) is 0 Å². The van der Waals surface area contributed by atoms with E-state index in [2.05, 4.69) is 19.7 Å². The predicted molar refractivity (Wildman–Crippen MR) is 115 cm³/mol. The van der Waals surface area contributed by atoms with Gasteiger partial charge in [0.05, 0.1) is 23.1 Å². The van der Waals surface area contributed by atoms with Crippen LogP contribution in [0.5, 0.6) is 0 Å². The Morgan fingerprint density at radius 1 is 1.16 bits per heavy atom. The monoisotopic (exact) mass is 425 g/mol. The van der Waals surface area contributed by atoms with Gasteiger partial charge in [-0.25, -0.2) is 15.0 Å². The Labute approximate surface area is 183 Å². The third-order valence-corrected chi connectivity index (χ3v) is 6.26. The lowest BCUT2D eigenvalue weighted by Crippen LogP contribution is -2.27. The molecule has 0 radical (unpaired) electrons. The third kappa shape index (κ3) is 2.63. The van der Waals surface area contributed by atoms with Crippen molar-refractivity contribution in [3.63, 3.8) is 0 Å². The van der Waals surface area contributed by atoms with Crippen LogP contribution in [0, 0.1) is 0 Å². The van der Waals surface area contributed by atoms with Crippen molar-refractivity contribution < 1.29 is 14.7 Å². The number of aromatic nitrogens is 4. The maximum atomic E-state index is 13.1. The van der Waals surface area contributed by atoms with Crippen molar-refractivity contribution in [2.75, 3.05) is 0 Å².